The molecule has 2 saturated heterocycles. The maximum absolute atomic E-state index is 13.2. The molecule has 1 N–H and O–H groups in total. The Morgan fingerprint density at radius 1 is 1.27 bits per heavy atom. The Bertz CT molecular complexity index is 631. The van der Waals surface area contributed by atoms with Crippen LogP contribution in [0, 0.1) is 0 Å². The maximum atomic E-state index is 13.2. The normalized spacial score (nSPS) is 22.8. The van der Waals surface area contributed by atoms with E-state index in [1.54, 1.807) is 7.11 Å². The van der Waals surface area contributed by atoms with Crippen molar-refractivity contribution >= 4 is 12.1 Å². The van der Waals surface area contributed by atoms with Gasteiger partial charge in [-0.15, -0.1) is 0 Å². The molecule has 1 aromatic carbocycles. The molecule has 3 amide bonds. The van der Waals surface area contributed by atoms with Gasteiger partial charge in [-0.25, -0.2) is 9.59 Å². The standard InChI is InChI=1S/C19H27N3O4/c1-14(13-26-2)21-12-17(15-6-4-3-5-7-15)22(18(21)23)16-8-10-20(11-9-16)19(24)25/h3-7,14,16-17H,8-13H2,1-2H3,(H,24,25)/t14-,17-/m0/s1. The van der Waals surface area contributed by atoms with Crippen molar-refractivity contribution < 1.29 is 19.4 Å². The van der Waals surface area contributed by atoms with Crippen molar-refractivity contribution in [2.45, 2.75) is 37.9 Å². The summed E-state index contributed by atoms with van der Waals surface area (Å²) >= 11 is 0. The fourth-order valence-electron chi connectivity index (χ4n) is 4.02. The highest BCUT2D eigenvalue weighted by atomic mass is 16.5. The fourth-order valence-corrected chi connectivity index (χ4v) is 4.02. The minimum Gasteiger partial charge on any atom is -0.465 e. The summed E-state index contributed by atoms with van der Waals surface area (Å²) in [6.45, 7) is 4.07. The summed E-state index contributed by atoms with van der Waals surface area (Å²) in [6, 6.07) is 10.1. The molecule has 2 aliphatic rings. The average Bonchev–Trinajstić information content (AvgIpc) is 3.00. The van der Waals surface area contributed by atoms with E-state index >= 15 is 0 Å². The van der Waals surface area contributed by atoms with Crippen molar-refractivity contribution in [3.8, 4) is 0 Å². The zero-order valence-corrected chi connectivity index (χ0v) is 15.4. The number of piperidine rings is 1. The number of carbonyl (C=O) groups excluding carboxylic acids is 1. The minimum atomic E-state index is -0.883. The number of rotatable bonds is 5. The number of carboxylic acid groups (broad SMARTS) is 1. The van der Waals surface area contributed by atoms with Crippen LogP contribution in [0.25, 0.3) is 0 Å². The summed E-state index contributed by atoms with van der Waals surface area (Å²) < 4.78 is 5.24. The number of amides is 3. The second-order valence-corrected chi connectivity index (χ2v) is 7.07. The van der Waals surface area contributed by atoms with E-state index in [1.165, 1.54) is 4.90 Å². The predicted octanol–water partition coefficient (Wildman–Crippen LogP) is 2.64. The summed E-state index contributed by atoms with van der Waals surface area (Å²) in [7, 11) is 1.64. The van der Waals surface area contributed by atoms with E-state index in [1.807, 2.05) is 34.9 Å². The Hall–Kier alpha value is -2.28. The topological polar surface area (TPSA) is 73.3 Å². The first kappa shape index (κ1) is 18.5. The van der Waals surface area contributed by atoms with Gasteiger partial charge in [-0.1, -0.05) is 30.3 Å². The molecule has 7 heteroatoms. The third-order valence-corrected chi connectivity index (χ3v) is 5.42. The Morgan fingerprint density at radius 2 is 1.92 bits per heavy atom. The molecular weight excluding hydrogens is 334 g/mol. The molecule has 2 heterocycles. The molecule has 0 aliphatic carbocycles. The van der Waals surface area contributed by atoms with E-state index in [-0.39, 0.29) is 24.2 Å². The van der Waals surface area contributed by atoms with Gasteiger partial charge < -0.3 is 24.5 Å². The summed E-state index contributed by atoms with van der Waals surface area (Å²) in [4.78, 5) is 29.6. The van der Waals surface area contributed by atoms with E-state index in [9.17, 15) is 9.59 Å². The SMILES string of the molecule is COC[C@H](C)N1C[C@@H](c2ccccc2)N(C2CCN(C(=O)O)CC2)C1=O. The number of ether oxygens (including phenoxy) is 1. The lowest BCUT2D eigenvalue weighted by Crippen LogP contribution is -2.49. The van der Waals surface area contributed by atoms with Crippen molar-refractivity contribution in [1.82, 2.24) is 14.7 Å². The molecular formula is C19H27N3O4. The molecule has 2 aliphatic heterocycles. The number of hydrogen-bond acceptors (Lipinski definition) is 3. The molecule has 0 bridgehead atoms. The van der Waals surface area contributed by atoms with Gasteiger partial charge in [-0.05, 0) is 25.3 Å². The number of nitrogens with zero attached hydrogens (tertiary/aromatic N) is 3. The van der Waals surface area contributed by atoms with Gasteiger partial charge >= 0.3 is 12.1 Å². The van der Waals surface area contributed by atoms with Crippen LogP contribution < -0.4 is 0 Å². The lowest BCUT2D eigenvalue weighted by molar-refractivity contribution is 0.0951. The first-order chi connectivity index (χ1) is 12.5. The molecule has 7 nitrogen and oxygen atoms in total. The Morgan fingerprint density at radius 3 is 2.50 bits per heavy atom. The summed E-state index contributed by atoms with van der Waals surface area (Å²) in [6.07, 6.45) is 0.466. The third-order valence-electron chi connectivity index (χ3n) is 5.42. The number of benzene rings is 1. The van der Waals surface area contributed by atoms with Gasteiger partial charge in [0.1, 0.15) is 0 Å². The maximum Gasteiger partial charge on any atom is 0.407 e. The molecule has 142 valence electrons. The third kappa shape index (κ3) is 3.62. The van der Waals surface area contributed by atoms with Crippen LogP contribution in [-0.2, 0) is 4.74 Å². The highest BCUT2D eigenvalue weighted by Gasteiger charge is 2.44. The number of likely N-dealkylation sites (tertiary alicyclic amines) is 1. The molecule has 0 saturated carbocycles. The zero-order valence-electron chi connectivity index (χ0n) is 15.4. The number of methoxy groups -OCH3 is 1. The average molecular weight is 361 g/mol. The van der Waals surface area contributed by atoms with Gasteiger partial charge in [0, 0.05) is 32.8 Å². The van der Waals surface area contributed by atoms with Gasteiger partial charge in [0.05, 0.1) is 18.7 Å². The summed E-state index contributed by atoms with van der Waals surface area (Å²) in [5.41, 5.74) is 1.12. The minimum absolute atomic E-state index is 0.00261. The molecule has 0 aromatic heterocycles. The van der Waals surface area contributed by atoms with Crippen LogP contribution >= 0.6 is 0 Å². The molecule has 2 fully saturated rings. The zero-order chi connectivity index (χ0) is 18.7. The van der Waals surface area contributed by atoms with Crippen LogP contribution in [0.3, 0.4) is 0 Å². The van der Waals surface area contributed by atoms with Gasteiger partial charge in [0.25, 0.3) is 0 Å². The second-order valence-electron chi connectivity index (χ2n) is 7.07. The predicted molar refractivity (Wildman–Crippen MR) is 97.1 cm³/mol. The van der Waals surface area contributed by atoms with E-state index in [2.05, 4.69) is 12.1 Å². The molecule has 0 radical (unpaired) electrons. The quantitative estimate of drug-likeness (QED) is 0.875. The van der Waals surface area contributed by atoms with Crippen molar-refractivity contribution in [3.63, 3.8) is 0 Å². The van der Waals surface area contributed by atoms with E-state index < -0.39 is 6.09 Å². The molecule has 0 unspecified atom stereocenters. The smallest absolute Gasteiger partial charge is 0.407 e. The van der Waals surface area contributed by atoms with Crippen molar-refractivity contribution in [2.75, 3.05) is 33.4 Å². The number of carbonyl (C=O) groups is 2. The van der Waals surface area contributed by atoms with Crippen LogP contribution in [0.1, 0.15) is 31.4 Å². The largest absolute Gasteiger partial charge is 0.465 e. The Labute approximate surface area is 154 Å². The molecule has 2 atom stereocenters. The van der Waals surface area contributed by atoms with Gasteiger partial charge in [-0.2, -0.15) is 0 Å². The highest BCUT2D eigenvalue weighted by Crippen LogP contribution is 2.35. The first-order valence-electron chi connectivity index (χ1n) is 9.13. The lowest BCUT2D eigenvalue weighted by Gasteiger charge is -2.38. The van der Waals surface area contributed by atoms with Crippen LogP contribution in [0.15, 0.2) is 30.3 Å². The Balaban J connectivity index is 1.82. The highest BCUT2D eigenvalue weighted by molar-refractivity contribution is 5.78. The van der Waals surface area contributed by atoms with E-state index in [0.717, 1.165) is 5.56 Å². The number of urea groups is 1. The summed E-state index contributed by atoms with van der Waals surface area (Å²) in [5.74, 6) is 0. The van der Waals surface area contributed by atoms with Crippen molar-refractivity contribution in [3.05, 3.63) is 35.9 Å². The van der Waals surface area contributed by atoms with Crippen molar-refractivity contribution in [1.29, 1.82) is 0 Å². The monoisotopic (exact) mass is 361 g/mol. The molecule has 0 spiro atoms. The van der Waals surface area contributed by atoms with Crippen LogP contribution in [0.4, 0.5) is 9.59 Å². The van der Waals surface area contributed by atoms with Crippen LogP contribution in [0.2, 0.25) is 0 Å². The van der Waals surface area contributed by atoms with Gasteiger partial charge in [0.2, 0.25) is 0 Å². The van der Waals surface area contributed by atoms with Crippen LogP contribution in [-0.4, -0.2) is 77.4 Å². The lowest BCUT2D eigenvalue weighted by atomic mass is 9.99. The summed E-state index contributed by atoms with van der Waals surface area (Å²) in [5, 5.41) is 9.17. The Kier molecular flexibility index (Phi) is 5.66. The van der Waals surface area contributed by atoms with Gasteiger partial charge in [0.15, 0.2) is 0 Å². The van der Waals surface area contributed by atoms with Crippen LogP contribution in [0.5, 0.6) is 0 Å². The fraction of sp³-hybridized carbons (Fsp3) is 0.579. The second kappa shape index (κ2) is 7.95. The van der Waals surface area contributed by atoms with Gasteiger partial charge in [-0.3, -0.25) is 0 Å². The van der Waals surface area contributed by atoms with E-state index in [0.29, 0.717) is 39.1 Å². The first-order valence-corrected chi connectivity index (χ1v) is 9.13. The molecule has 26 heavy (non-hydrogen) atoms. The molecule has 3 rings (SSSR count). The number of hydrogen-bond donors (Lipinski definition) is 1. The van der Waals surface area contributed by atoms with E-state index in [4.69, 9.17) is 9.84 Å². The molecule has 1 aromatic rings. The van der Waals surface area contributed by atoms with Crippen molar-refractivity contribution in [2.24, 2.45) is 0 Å².